The first kappa shape index (κ1) is 16.7. The first-order chi connectivity index (χ1) is 11.7. The molecule has 0 aliphatic carbocycles. The third-order valence-electron chi connectivity index (χ3n) is 4.74. The molecule has 1 saturated heterocycles. The molecule has 2 aromatic rings. The predicted molar refractivity (Wildman–Crippen MR) is 92.5 cm³/mol. The Morgan fingerprint density at radius 2 is 2.17 bits per heavy atom. The molecule has 0 bridgehead atoms. The van der Waals surface area contributed by atoms with E-state index in [1.165, 1.54) is 16.0 Å². The van der Waals surface area contributed by atoms with Crippen LogP contribution < -0.4 is 4.90 Å². The van der Waals surface area contributed by atoms with E-state index in [9.17, 15) is 4.79 Å². The molecular weight excluding hydrogens is 302 g/mol. The summed E-state index contributed by atoms with van der Waals surface area (Å²) in [7, 11) is 0. The van der Waals surface area contributed by atoms with E-state index < -0.39 is 0 Å². The fourth-order valence-electron chi connectivity index (χ4n) is 3.46. The van der Waals surface area contributed by atoms with Gasteiger partial charge in [-0.1, -0.05) is 29.8 Å². The molecule has 5 heteroatoms. The van der Waals surface area contributed by atoms with E-state index in [4.69, 9.17) is 4.74 Å². The van der Waals surface area contributed by atoms with Crippen molar-refractivity contribution < 1.29 is 14.4 Å². The number of rotatable bonds is 5. The van der Waals surface area contributed by atoms with Crippen LogP contribution in [0.15, 0.2) is 30.5 Å². The zero-order valence-electron chi connectivity index (χ0n) is 14.5. The molecule has 128 valence electrons. The minimum atomic E-state index is -0.0411. The summed E-state index contributed by atoms with van der Waals surface area (Å²) in [5.74, 6) is -0.0101. The number of carbonyl (C=O) groups is 1. The molecule has 0 saturated carbocycles. The molecular formula is C19H26N3O2+. The highest BCUT2D eigenvalue weighted by molar-refractivity contribution is 5.72. The van der Waals surface area contributed by atoms with E-state index >= 15 is 0 Å². The number of benzene rings is 1. The highest BCUT2D eigenvalue weighted by Gasteiger charge is 2.30. The molecule has 5 nitrogen and oxygen atoms in total. The summed E-state index contributed by atoms with van der Waals surface area (Å²) in [5.41, 5.74) is 4.70. The number of H-pyrrole nitrogens is 1. The highest BCUT2D eigenvalue weighted by atomic mass is 16.5. The monoisotopic (exact) mass is 328 g/mol. The Balaban J connectivity index is 1.69. The van der Waals surface area contributed by atoms with Crippen molar-refractivity contribution in [1.29, 1.82) is 0 Å². The molecule has 0 radical (unpaired) electrons. The van der Waals surface area contributed by atoms with E-state index in [1.54, 1.807) is 0 Å². The molecule has 1 aromatic heterocycles. The van der Waals surface area contributed by atoms with Gasteiger partial charge in [-0.2, -0.15) is 5.10 Å². The van der Waals surface area contributed by atoms with Crippen LogP contribution >= 0.6 is 0 Å². The summed E-state index contributed by atoms with van der Waals surface area (Å²) in [6.45, 7) is 7.24. The minimum absolute atomic E-state index is 0.0309. The van der Waals surface area contributed by atoms with Gasteiger partial charge in [-0.05, 0) is 26.7 Å². The second kappa shape index (κ2) is 7.62. The predicted octanol–water partition coefficient (Wildman–Crippen LogP) is 1.74. The summed E-state index contributed by atoms with van der Waals surface area (Å²) in [5, 5.41) is 7.37. The zero-order valence-corrected chi connectivity index (χ0v) is 14.5. The van der Waals surface area contributed by atoms with Crippen molar-refractivity contribution in [2.45, 2.75) is 33.2 Å². The fourth-order valence-corrected chi connectivity index (χ4v) is 3.46. The van der Waals surface area contributed by atoms with Gasteiger partial charge in [-0.3, -0.25) is 9.89 Å². The summed E-state index contributed by atoms with van der Waals surface area (Å²) in [4.78, 5) is 13.4. The third-order valence-corrected chi connectivity index (χ3v) is 4.74. The fraction of sp³-hybridized carbons (Fsp3) is 0.474. The van der Waals surface area contributed by atoms with Crippen molar-refractivity contribution in [2.24, 2.45) is 5.92 Å². The Hall–Kier alpha value is -2.14. The lowest BCUT2D eigenvalue weighted by Crippen LogP contribution is -3.12. The van der Waals surface area contributed by atoms with Gasteiger partial charge in [0.05, 0.1) is 37.2 Å². The van der Waals surface area contributed by atoms with Gasteiger partial charge in [-0.15, -0.1) is 0 Å². The summed E-state index contributed by atoms with van der Waals surface area (Å²) < 4.78 is 5.20. The number of hydrogen-bond acceptors (Lipinski definition) is 3. The van der Waals surface area contributed by atoms with Gasteiger partial charge >= 0.3 is 5.97 Å². The van der Waals surface area contributed by atoms with Gasteiger partial charge in [0.1, 0.15) is 12.5 Å². The van der Waals surface area contributed by atoms with Crippen molar-refractivity contribution in [3.05, 3.63) is 41.6 Å². The van der Waals surface area contributed by atoms with Gasteiger partial charge in [-0.25, -0.2) is 0 Å². The molecule has 24 heavy (non-hydrogen) atoms. The molecule has 1 aliphatic rings. The lowest BCUT2D eigenvalue weighted by atomic mass is 9.97. The van der Waals surface area contributed by atoms with E-state index in [2.05, 4.69) is 41.4 Å². The maximum atomic E-state index is 12.0. The van der Waals surface area contributed by atoms with Crippen molar-refractivity contribution in [3.63, 3.8) is 0 Å². The van der Waals surface area contributed by atoms with Crippen LogP contribution in [-0.2, 0) is 16.1 Å². The van der Waals surface area contributed by atoms with Crippen LogP contribution in [0.25, 0.3) is 11.3 Å². The van der Waals surface area contributed by atoms with Crippen molar-refractivity contribution in [2.75, 3.05) is 19.7 Å². The van der Waals surface area contributed by atoms with Crippen LogP contribution in [0, 0.1) is 12.8 Å². The van der Waals surface area contributed by atoms with Crippen LogP contribution in [0.2, 0.25) is 0 Å². The maximum absolute atomic E-state index is 12.0. The van der Waals surface area contributed by atoms with E-state index in [0.29, 0.717) is 6.61 Å². The molecule has 1 aliphatic heterocycles. The van der Waals surface area contributed by atoms with E-state index in [1.807, 2.05) is 13.1 Å². The van der Waals surface area contributed by atoms with E-state index in [0.717, 1.165) is 43.7 Å². The second-order valence-corrected chi connectivity index (χ2v) is 6.61. The SMILES string of the molecule is CCOC(=O)[C@@H]1CCC[NH+](Cc2cn[nH]c2-c2ccc(C)cc2)C1. The van der Waals surface area contributed by atoms with Gasteiger partial charge in [0.15, 0.2) is 0 Å². The molecule has 1 unspecified atom stereocenters. The number of hydrogen-bond donors (Lipinski definition) is 2. The summed E-state index contributed by atoms with van der Waals surface area (Å²) in [6, 6.07) is 8.48. The van der Waals surface area contributed by atoms with Crippen LogP contribution in [0.4, 0.5) is 0 Å². The van der Waals surface area contributed by atoms with Gasteiger partial charge < -0.3 is 9.64 Å². The van der Waals surface area contributed by atoms with Gasteiger partial charge in [0.2, 0.25) is 0 Å². The number of quaternary nitrogens is 1. The molecule has 3 rings (SSSR count). The number of likely N-dealkylation sites (tertiary alicyclic amines) is 1. The van der Waals surface area contributed by atoms with Crippen molar-refractivity contribution >= 4 is 5.97 Å². The minimum Gasteiger partial charge on any atom is -0.466 e. The van der Waals surface area contributed by atoms with E-state index in [-0.39, 0.29) is 11.9 Å². The first-order valence-corrected chi connectivity index (χ1v) is 8.77. The quantitative estimate of drug-likeness (QED) is 0.822. The average molecular weight is 328 g/mol. The van der Waals surface area contributed by atoms with Crippen LogP contribution in [-0.4, -0.2) is 35.9 Å². The first-order valence-electron chi connectivity index (χ1n) is 8.77. The lowest BCUT2D eigenvalue weighted by Gasteiger charge is -2.28. The van der Waals surface area contributed by atoms with Crippen molar-refractivity contribution in [1.82, 2.24) is 10.2 Å². The lowest BCUT2D eigenvalue weighted by molar-refractivity contribution is -0.921. The number of nitrogens with one attached hydrogen (secondary N) is 2. The standard InChI is InChI=1S/C19H25N3O2/c1-3-24-19(23)16-5-4-10-22(12-16)13-17-11-20-21-18(17)15-8-6-14(2)7-9-15/h6-9,11,16H,3-5,10,12-13H2,1-2H3,(H,20,21)/p+1/t16-/m1/s1. The Morgan fingerprint density at radius 1 is 1.38 bits per heavy atom. The number of piperidine rings is 1. The number of aryl methyl sites for hydroxylation is 1. The number of carbonyl (C=O) groups excluding carboxylic acids is 1. The summed E-state index contributed by atoms with van der Waals surface area (Å²) >= 11 is 0. The second-order valence-electron chi connectivity index (χ2n) is 6.61. The average Bonchev–Trinajstić information content (AvgIpc) is 3.04. The number of esters is 1. The number of aromatic amines is 1. The molecule has 2 heterocycles. The van der Waals surface area contributed by atoms with Crippen molar-refractivity contribution in [3.8, 4) is 11.3 Å². The smallest absolute Gasteiger partial charge is 0.314 e. The molecule has 0 amide bonds. The van der Waals surface area contributed by atoms with Gasteiger partial charge in [0.25, 0.3) is 0 Å². The Labute approximate surface area is 143 Å². The van der Waals surface area contributed by atoms with Crippen LogP contribution in [0.5, 0.6) is 0 Å². The summed E-state index contributed by atoms with van der Waals surface area (Å²) in [6.07, 6.45) is 3.92. The normalized spacial score (nSPS) is 20.8. The Bertz CT molecular complexity index is 678. The third kappa shape index (κ3) is 3.85. The van der Waals surface area contributed by atoms with Crippen LogP contribution in [0.1, 0.15) is 30.9 Å². The topological polar surface area (TPSA) is 59.4 Å². The Kier molecular flexibility index (Phi) is 5.30. The number of ether oxygens (including phenoxy) is 1. The Morgan fingerprint density at radius 3 is 2.92 bits per heavy atom. The van der Waals surface area contributed by atoms with Crippen LogP contribution in [0.3, 0.4) is 0 Å². The largest absolute Gasteiger partial charge is 0.466 e. The molecule has 0 spiro atoms. The molecule has 1 fully saturated rings. The highest BCUT2D eigenvalue weighted by Crippen LogP contribution is 2.21. The molecule has 2 N–H and O–H groups in total. The van der Waals surface area contributed by atoms with Gasteiger partial charge in [0, 0.05) is 5.56 Å². The molecule has 2 atom stereocenters. The molecule has 1 aromatic carbocycles. The number of nitrogens with zero attached hydrogens (tertiary/aromatic N) is 1. The number of aromatic nitrogens is 2. The maximum Gasteiger partial charge on any atom is 0.314 e. The zero-order chi connectivity index (χ0) is 16.9.